The summed E-state index contributed by atoms with van der Waals surface area (Å²) in [4.78, 5) is 13.1. The normalized spacial score (nSPS) is 26.6. The van der Waals surface area contributed by atoms with Crippen LogP contribution in [0.2, 0.25) is 0 Å². The van der Waals surface area contributed by atoms with Crippen molar-refractivity contribution in [1.82, 2.24) is 29.9 Å². The highest BCUT2D eigenvalue weighted by Crippen LogP contribution is 2.32. The second kappa shape index (κ2) is 11.8. The van der Waals surface area contributed by atoms with E-state index in [9.17, 15) is 0 Å². The van der Waals surface area contributed by atoms with Gasteiger partial charge in [-0.2, -0.15) is 14.3 Å². The van der Waals surface area contributed by atoms with Gasteiger partial charge in [-0.15, -0.1) is 0 Å². The summed E-state index contributed by atoms with van der Waals surface area (Å²) in [6, 6.07) is 2.01. The molecule has 4 heterocycles. The summed E-state index contributed by atoms with van der Waals surface area (Å²) in [6.07, 6.45) is 9.76. The molecule has 1 saturated carbocycles. The van der Waals surface area contributed by atoms with Crippen LogP contribution in [0.15, 0.2) is 11.9 Å². The van der Waals surface area contributed by atoms with Gasteiger partial charge in [-0.3, -0.25) is 4.90 Å². The third kappa shape index (κ3) is 6.13. The van der Waals surface area contributed by atoms with Crippen molar-refractivity contribution in [2.45, 2.75) is 76.5 Å². The summed E-state index contributed by atoms with van der Waals surface area (Å²) in [5.74, 6) is 1.33. The lowest BCUT2D eigenvalue weighted by molar-refractivity contribution is 0.0812. The van der Waals surface area contributed by atoms with Gasteiger partial charge in [0.15, 0.2) is 4.83 Å². The van der Waals surface area contributed by atoms with E-state index in [4.69, 9.17) is 20.1 Å². The van der Waals surface area contributed by atoms with Gasteiger partial charge in [0.25, 0.3) is 0 Å². The first kappa shape index (κ1) is 25.3. The van der Waals surface area contributed by atoms with E-state index in [1.165, 1.54) is 30.6 Å². The maximum absolute atomic E-state index is 7.86. The molecule has 2 saturated heterocycles. The van der Waals surface area contributed by atoms with Crippen molar-refractivity contribution in [2.24, 2.45) is 0 Å². The van der Waals surface area contributed by atoms with Gasteiger partial charge in [-0.1, -0.05) is 0 Å². The summed E-state index contributed by atoms with van der Waals surface area (Å²) in [5.41, 5.74) is 1.58. The Bertz CT molecular complexity index is 1060. The lowest BCUT2D eigenvalue weighted by Gasteiger charge is -2.41. The quantitative estimate of drug-likeness (QED) is 0.339. The number of hydrogen-bond acceptors (Lipinski definition) is 11. The second-order valence-electron chi connectivity index (χ2n) is 10.3. The molecule has 2 aromatic heterocycles. The Morgan fingerprint density at radius 1 is 1.14 bits per heavy atom. The average molecular weight is 514 g/mol. The Hall–Kier alpha value is -2.34. The smallest absolute Gasteiger partial charge is 0.230 e. The Morgan fingerprint density at radius 2 is 1.94 bits per heavy atom. The Morgan fingerprint density at radius 3 is 2.69 bits per heavy atom. The van der Waals surface area contributed by atoms with Gasteiger partial charge in [-0.25, -0.2) is 0 Å². The van der Waals surface area contributed by atoms with E-state index in [1.807, 2.05) is 13.1 Å². The van der Waals surface area contributed by atoms with E-state index >= 15 is 0 Å². The van der Waals surface area contributed by atoms with Gasteiger partial charge in [0.05, 0.1) is 16.8 Å². The van der Waals surface area contributed by atoms with Crippen molar-refractivity contribution in [1.29, 1.82) is 5.41 Å². The first-order chi connectivity index (χ1) is 17.6. The van der Waals surface area contributed by atoms with Crippen LogP contribution >= 0.6 is 11.5 Å². The van der Waals surface area contributed by atoms with Gasteiger partial charge < -0.3 is 31.4 Å². The van der Waals surface area contributed by atoms with Crippen LogP contribution in [0.4, 0.5) is 11.8 Å². The van der Waals surface area contributed by atoms with E-state index in [-0.39, 0.29) is 0 Å². The summed E-state index contributed by atoms with van der Waals surface area (Å²) < 4.78 is 9.97. The Balaban J connectivity index is 1.26. The highest BCUT2D eigenvalue weighted by molar-refractivity contribution is 7.13. The van der Waals surface area contributed by atoms with Gasteiger partial charge in [0, 0.05) is 69.4 Å². The fourth-order valence-corrected chi connectivity index (χ4v) is 6.31. The van der Waals surface area contributed by atoms with E-state index < -0.39 is 0 Å². The third-order valence-electron chi connectivity index (χ3n) is 7.57. The minimum absolute atomic E-state index is 0.361. The lowest BCUT2D eigenvalue weighted by Crippen LogP contribution is -2.53. The number of rotatable bonds is 8. The van der Waals surface area contributed by atoms with Crippen LogP contribution < -0.4 is 21.3 Å². The van der Waals surface area contributed by atoms with Gasteiger partial charge in [0.2, 0.25) is 5.95 Å². The number of hydrogen-bond donors (Lipinski definition) is 5. The number of aryl methyl sites for hydroxylation is 1. The van der Waals surface area contributed by atoms with Gasteiger partial charge in [0.1, 0.15) is 5.82 Å². The molecule has 0 amide bonds. The zero-order chi connectivity index (χ0) is 24.9. The molecule has 36 heavy (non-hydrogen) atoms. The Labute approximate surface area is 217 Å². The number of ether oxygens (including phenoxy) is 1. The van der Waals surface area contributed by atoms with Crippen LogP contribution in [0.1, 0.15) is 51.1 Å². The number of nitrogens with zero attached hydrogens (tertiary/aromatic N) is 4. The maximum Gasteiger partial charge on any atom is 0.230 e. The lowest BCUT2D eigenvalue weighted by atomic mass is 9.89. The van der Waals surface area contributed by atoms with Crippen LogP contribution in [0.25, 0.3) is 10.2 Å². The molecule has 0 bridgehead atoms. The second-order valence-corrected chi connectivity index (χ2v) is 11.0. The first-order valence-corrected chi connectivity index (χ1v) is 14.1. The molecule has 10 nitrogen and oxygen atoms in total. The van der Waals surface area contributed by atoms with Crippen molar-refractivity contribution >= 4 is 39.7 Å². The molecule has 196 valence electrons. The van der Waals surface area contributed by atoms with E-state index in [0.29, 0.717) is 35.8 Å². The number of anilines is 2. The monoisotopic (exact) mass is 513 g/mol. The largest absolute Gasteiger partial charge is 0.386 e. The summed E-state index contributed by atoms with van der Waals surface area (Å²) in [7, 11) is 0. The van der Waals surface area contributed by atoms with Crippen molar-refractivity contribution < 1.29 is 4.74 Å². The minimum Gasteiger partial charge on any atom is -0.386 e. The molecule has 1 unspecified atom stereocenters. The van der Waals surface area contributed by atoms with Crippen LogP contribution in [0, 0.1) is 12.3 Å². The summed E-state index contributed by atoms with van der Waals surface area (Å²) in [5, 5.41) is 22.8. The number of piperazine rings is 1. The van der Waals surface area contributed by atoms with Crippen molar-refractivity contribution in [3.8, 4) is 0 Å². The van der Waals surface area contributed by atoms with Crippen LogP contribution in [-0.2, 0) is 4.74 Å². The topological polar surface area (TPSA) is 123 Å². The zero-order valence-corrected chi connectivity index (χ0v) is 22.2. The van der Waals surface area contributed by atoms with E-state index in [1.54, 1.807) is 0 Å². The number of fused-ring (bicyclic) bond motifs is 1. The van der Waals surface area contributed by atoms with E-state index in [0.717, 1.165) is 80.3 Å². The van der Waals surface area contributed by atoms with E-state index in [2.05, 4.69) is 37.5 Å². The SMILES string of the molecule is Cc1nsc2nc(N/C(C=N)=C/NC3CCOCC3)nc(N[C@H]3CC[C@H](N4CCNC(C)C4)CC3)c12. The molecule has 3 aliphatic rings. The molecule has 1 atom stereocenters. The Kier molecular flexibility index (Phi) is 8.30. The highest BCUT2D eigenvalue weighted by Gasteiger charge is 2.29. The van der Waals surface area contributed by atoms with Crippen molar-refractivity contribution in [3.05, 3.63) is 17.6 Å². The number of allylic oxidation sites excluding steroid dienone is 1. The molecular weight excluding hydrogens is 474 g/mol. The average Bonchev–Trinajstić information content (AvgIpc) is 3.28. The van der Waals surface area contributed by atoms with Crippen molar-refractivity contribution in [2.75, 3.05) is 43.5 Å². The molecule has 3 fully saturated rings. The summed E-state index contributed by atoms with van der Waals surface area (Å²) in [6.45, 7) is 9.24. The molecule has 5 N–H and O–H groups in total. The maximum atomic E-state index is 7.86. The molecule has 2 aliphatic heterocycles. The molecule has 2 aromatic rings. The molecular formula is C25H39N9OS. The molecule has 0 spiro atoms. The zero-order valence-electron chi connectivity index (χ0n) is 21.3. The minimum atomic E-state index is 0.361. The number of nitrogens with one attached hydrogen (secondary N) is 5. The molecule has 0 radical (unpaired) electrons. The molecule has 5 rings (SSSR count). The molecule has 11 heteroatoms. The molecule has 1 aliphatic carbocycles. The van der Waals surface area contributed by atoms with Crippen LogP contribution in [-0.4, -0.2) is 82.5 Å². The standard InChI is InChI=1S/C25H39N9OS/c1-16-15-34(10-9-27-16)21-5-3-19(4-6-21)29-23-22-17(2)33-36-24(22)32-25(31-23)30-20(13-26)14-28-18-7-11-35-12-8-18/h13-14,16,18-19,21,26-28H,3-12,15H2,1-2H3,(H2,29,30,31,32)/b20-14+,26-13?/t16?,19-,21-. The van der Waals surface area contributed by atoms with Crippen molar-refractivity contribution in [3.63, 3.8) is 0 Å². The number of aromatic nitrogens is 3. The fourth-order valence-electron chi connectivity index (χ4n) is 5.54. The van der Waals surface area contributed by atoms with Crippen LogP contribution in [0.5, 0.6) is 0 Å². The highest BCUT2D eigenvalue weighted by atomic mass is 32.1. The summed E-state index contributed by atoms with van der Waals surface area (Å²) >= 11 is 1.39. The molecule has 0 aromatic carbocycles. The first-order valence-electron chi connectivity index (χ1n) is 13.3. The van der Waals surface area contributed by atoms with Crippen LogP contribution in [0.3, 0.4) is 0 Å². The predicted octanol–water partition coefficient (Wildman–Crippen LogP) is 3.08. The van der Waals surface area contributed by atoms with Gasteiger partial charge >= 0.3 is 0 Å². The fraction of sp³-hybridized carbons (Fsp3) is 0.680. The predicted molar refractivity (Wildman–Crippen MR) is 146 cm³/mol. The van der Waals surface area contributed by atoms with Gasteiger partial charge in [-0.05, 0) is 63.9 Å². The third-order valence-corrected chi connectivity index (χ3v) is 8.40.